The van der Waals surface area contributed by atoms with E-state index < -0.39 is 0 Å². The Balaban J connectivity index is 2.19. The Morgan fingerprint density at radius 2 is 2.14 bits per heavy atom. The summed E-state index contributed by atoms with van der Waals surface area (Å²) in [5.74, 6) is 1.65. The second-order valence-corrected chi connectivity index (χ2v) is 3.25. The maximum atomic E-state index is 5.30. The van der Waals surface area contributed by atoms with Crippen molar-refractivity contribution in [1.82, 2.24) is 5.32 Å². The minimum atomic E-state index is 0.328. The molecule has 1 aliphatic heterocycles. The maximum absolute atomic E-state index is 5.30. The van der Waals surface area contributed by atoms with E-state index in [1.807, 2.05) is 32.3 Å². The van der Waals surface area contributed by atoms with Crippen molar-refractivity contribution in [3.8, 4) is 11.5 Å². The van der Waals surface area contributed by atoms with Crippen molar-refractivity contribution in [1.29, 1.82) is 0 Å². The second kappa shape index (κ2) is 3.75. The second-order valence-electron chi connectivity index (χ2n) is 3.25. The third-order valence-electron chi connectivity index (χ3n) is 2.19. The third kappa shape index (κ3) is 1.61. The first-order valence-electron chi connectivity index (χ1n) is 4.56. The smallest absolute Gasteiger partial charge is 0.231 e. The maximum Gasteiger partial charge on any atom is 0.231 e. The molecule has 0 unspecified atom stereocenters. The molecular weight excluding hydrogens is 180 g/mol. The van der Waals surface area contributed by atoms with Gasteiger partial charge in [-0.15, -0.1) is 0 Å². The number of fused-ring (bicyclic) bond motifs is 1. The van der Waals surface area contributed by atoms with Crippen LogP contribution in [0.4, 0.5) is 5.69 Å². The molecule has 2 rings (SSSR count). The Kier molecular flexibility index (Phi) is 2.45. The number of anilines is 1. The molecular formula is C10H14N2O2. The van der Waals surface area contributed by atoms with Gasteiger partial charge >= 0.3 is 0 Å². The van der Waals surface area contributed by atoms with E-state index in [9.17, 15) is 0 Å². The number of ether oxygens (including phenoxy) is 2. The molecule has 0 spiro atoms. The summed E-state index contributed by atoms with van der Waals surface area (Å²) in [6, 6.07) is 5.94. The Labute approximate surface area is 83.4 Å². The van der Waals surface area contributed by atoms with Gasteiger partial charge in [-0.25, -0.2) is 0 Å². The first kappa shape index (κ1) is 9.15. The van der Waals surface area contributed by atoms with Crippen LogP contribution in [0.15, 0.2) is 18.2 Å². The summed E-state index contributed by atoms with van der Waals surface area (Å²) in [6.07, 6.45) is 0. The van der Waals surface area contributed by atoms with Crippen LogP contribution < -0.4 is 19.7 Å². The van der Waals surface area contributed by atoms with Gasteiger partial charge in [-0.05, 0) is 19.2 Å². The fraction of sp³-hybridized carbons (Fsp3) is 0.400. The SMILES string of the molecule is CNCN(C)c1ccc2c(c1)OCO2. The van der Waals surface area contributed by atoms with E-state index in [0.717, 1.165) is 23.9 Å². The third-order valence-corrected chi connectivity index (χ3v) is 2.19. The zero-order valence-electron chi connectivity index (χ0n) is 8.41. The van der Waals surface area contributed by atoms with Crippen LogP contribution in [0, 0.1) is 0 Å². The van der Waals surface area contributed by atoms with Gasteiger partial charge < -0.3 is 19.7 Å². The van der Waals surface area contributed by atoms with Gasteiger partial charge in [0.15, 0.2) is 11.5 Å². The van der Waals surface area contributed by atoms with E-state index >= 15 is 0 Å². The summed E-state index contributed by atoms with van der Waals surface area (Å²) in [5.41, 5.74) is 1.11. The van der Waals surface area contributed by atoms with Crippen molar-refractivity contribution >= 4 is 5.69 Å². The fourth-order valence-corrected chi connectivity index (χ4v) is 1.45. The molecule has 4 heteroatoms. The lowest BCUT2D eigenvalue weighted by atomic mass is 10.2. The molecule has 0 aromatic heterocycles. The highest BCUT2D eigenvalue weighted by Crippen LogP contribution is 2.34. The van der Waals surface area contributed by atoms with Crippen LogP contribution in [0.2, 0.25) is 0 Å². The molecule has 0 aliphatic carbocycles. The summed E-state index contributed by atoms with van der Waals surface area (Å²) < 4.78 is 10.5. The zero-order chi connectivity index (χ0) is 9.97. The van der Waals surface area contributed by atoms with Gasteiger partial charge in [0.1, 0.15) is 0 Å². The van der Waals surface area contributed by atoms with E-state index in [1.165, 1.54) is 0 Å². The van der Waals surface area contributed by atoms with Gasteiger partial charge in [0.05, 0.1) is 6.67 Å². The van der Waals surface area contributed by atoms with Gasteiger partial charge in [-0.1, -0.05) is 0 Å². The van der Waals surface area contributed by atoms with Crippen LogP contribution in [0.25, 0.3) is 0 Å². The molecule has 1 aliphatic rings. The number of nitrogens with zero attached hydrogens (tertiary/aromatic N) is 1. The normalized spacial score (nSPS) is 13.0. The fourth-order valence-electron chi connectivity index (χ4n) is 1.45. The van der Waals surface area contributed by atoms with Crippen LogP contribution in [0.5, 0.6) is 11.5 Å². The van der Waals surface area contributed by atoms with E-state index in [4.69, 9.17) is 9.47 Å². The lowest BCUT2D eigenvalue weighted by molar-refractivity contribution is 0.174. The van der Waals surface area contributed by atoms with Crippen molar-refractivity contribution in [2.75, 3.05) is 32.5 Å². The Hall–Kier alpha value is -1.42. The number of rotatable bonds is 3. The van der Waals surface area contributed by atoms with Crippen molar-refractivity contribution in [2.45, 2.75) is 0 Å². The van der Waals surface area contributed by atoms with Gasteiger partial charge in [0.25, 0.3) is 0 Å². The quantitative estimate of drug-likeness (QED) is 0.729. The van der Waals surface area contributed by atoms with Crippen LogP contribution in [-0.4, -0.2) is 27.6 Å². The molecule has 1 aromatic rings. The lowest BCUT2D eigenvalue weighted by Crippen LogP contribution is -2.28. The van der Waals surface area contributed by atoms with Gasteiger partial charge in [0, 0.05) is 18.8 Å². The highest BCUT2D eigenvalue weighted by atomic mass is 16.7. The minimum absolute atomic E-state index is 0.328. The van der Waals surface area contributed by atoms with Crippen molar-refractivity contribution < 1.29 is 9.47 Å². The Bertz CT molecular complexity index is 328. The van der Waals surface area contributed by atoms with Gasteiger partial charge in [0.2, 0.25) is 6.79 Å². The zero-order valence-corrected chi connectivity index (χ0v) is 8.41. The van der Waals surface area contributed by atoms with Crippen LogP contribution in [0.1, 0.15) is 0 Å². The van der Waals surface area contributed by atoms with E-state index in [-0.39, 0.29) is 0 Å². The molecule has 0 amide bonds. The molecule has 0 bridgehead atoms. The lowest BCUT2D eigenvalue weighted by Gasteiger charge is -2.18. The molecule has 0 saturated heterocycles. The molecule has 0 atom stereocenters. The number of benzene rings is 1. The molecule has 0 fully saturated rings. The predicted octanol–water partition coefficient (Wildman–Crippen LogP) is 1.03. The molecule has 1 aromatic carbocycles. The Morgan fingerprint density at radius 1 is 1.36 bits per heavy atom. The predicted molar refractivity (Wildman–Crippen MR) is 54.9 cm³/mol. The monoisotopic (exact) mass is 194 g/mol. The standard InChI is InChI=1S/C10H14N2O2/c1-11-6-12(2)8-3-4-9-10(5-8)14-7-13-9/h3-5,11H,6-7H2,1-2H3. The number of nitrogens with one attached hydrogen (secondary N) is 1. The van der Waals surface area contributed by atoms with Gasteiger partial charge in [-0.2, -0.15) is 0 Å². The summed E-state index contributed by atoms with van der Waals surface area (Å²) in [6.45, 7) is 1.13. The van der Waals surface area contributed by atoms with E-state index in [1.54, 1.807) is 0 Å². The summed E-state index contributed by atoms with van der Waals surface area (Å²) in [4.78, 5) is 2.10. The highest BCUT2D eigenvalue weighted by molar-refractivity contribution is 5.56. The Morgan fingerprint density at radius 3 is 2.93 bits per heavy atom. The number of hydrogen-bond acceptors (Lipinski definition) is 4. The molecule has 0 radical (unpaired) electrons. The average molecular weight is 194 g/mol. The topological polar surface area (TPSA) is 33.7 Å². The van der Waals surface area contributed by atoms with Crippen molar-refractivity contribution in [2.24, 2.45) is 0 Å². The molecule has 0 saturated carbocycles. The molecule has 4 nitrogen and oxygen atoms in total. The first-order chi connectivity index (χ1) is 6.81. The first-order valence-corrected chi connectivity index (χ1v) is 4.56. The van der Waals surface area contributed by atoms with E-state index in [0.29, 0.717) is 6.79 Å². The molecule has 1 heterocycles. The summed E-state index contributed by atoms with van der Waals surface area (Å²) in [5, 5.41) is 3.09. The molecule has 14 heavy (non-hydrogen) atoms. The van der Waals surface area contributed by atoms with Crippen LogP contribution >= 0.6 is 0 Å². The summed E-state index contributed by atoms with van der Waals surface area (Å²) in [7, 11) is 3.94. The largest absolute Gasteiger partial charge is 0.454 e. The number of hydrogen-bond donors (Lipinski definition) is 1. The summed E-state index contributed by atoms with van der Waals surface area (Å²) >= 11 is 0. The average Bonchev–Trinajstić information content (AvgIpc) is 2.64. The molecule has 76 valence electrons. The van der Waals surface area contributed by atoms with Crippen molar-refractivity contribution in [3.63, 3.8) is 0 Å². The molecule has 1 N–H and O–H groups in total. The van der Waals surface area contributed by atoms with Crippen LogP contribution in [0.3, 0.4) is 0 Å². The highest BCUT2D eigenvalue weighted by Gasteiger charge is 2.14. The van der Waals surface area contributed by atoms with E-state index in [2.05, 4.69) is 10.2 Å². The van der Waals surface area contributed by atoms with Crippen LogP contribution in [-0.2, 0) is 0 Å². The minimum Gasteiger partial charge on any atom is -0.454 e. The van der Waals surface area contributed by atoms with Gasteiger partial charge in [-0.3, -0.25) is 0 Å². The van der Waals surface area contributed by atoms with Crippen molar-refractivity contribution in [3.05, 3.63) is 18.2 Å².